The smallest absolute Gasteiger partial charge is 0.306 e. The van der Waals surface area contributed by atoms with E-state index in [-0.39, 0.29) is 37.2 Å². The van der Waals surface area contributed by atoms with Gasteiger partial charge in [-0.3, -0.25) is 8.98 Å². The van der Waals surface area contributed by atoms with Crippen LogP contribution in [0.25, 0.3) is 0 Å². The van der Waals surface area contributed by atoms with Crippen molar-refractivity contribution in [2.75, 3.05) is 0 Å². The van der Waals surface area contributed by atoms with Gasteiger partial charge in [-0.2, -0.15) is 8.42 Å². The van der Waals surface area contributed by atoms with Crippen LogP contribution in [0.3, 0.4) is 0 Å². The van der Waals surface area contributed by atoms with Gasteiger partial charge in [-0.15, -0.1) is 0 Å². The fraction of sp³-hybridized carbons (Fsp3) is 0.622. The zero-order valence-electron chi connectivity index (χ0n) is 29.5. The second kappa shape index (κ2) is 18.3. The molecule has 0 amide bonds. The summed E-state index contributed by atoms with van der Waals surface area (Å²) in [5.41, 5.74) is 1.54. The Morgan fingerprint density at radius 1 is 0.745 bits per heavy atom. The molecule has 3 saturated heterocycles. The molecule has 1 N–H and O–H groups in total. The largest absolute Gasteiger partial charge is 0.460 e. The monoisotopic (exact) mass is 734 g/mol. The zero-order chi connectivity index (χ0) is 36.5. The highest BCUT2D eigenvalue weighted by Gasteiger charge is 2.46. The molecule has 0 radical (unpaired) electrons. The van der Waals surface area contributed by atoms with Crippen LogP contribution in [-0.4, -0.2) is 93.0 Å². The summed E-state index contributed by atoms with van der Waals surface area (Å²) in [6, 6.07) is 18.4. The van der Waals surface area contributed by atoms with Crippen molar-refractivity contribution in [1.82, 2.24) is 0 Å². The van der Waals surface area contributed by atoms with Gasteiger partial charge in [0.1, 0.15) is 29.8 Å². The fourth-order valence-corrected chi connectivity index (χ4v) is 7.84. The first-order valence-corrected chi connectivity index (χ1v) is 19.2. The molecule has 5 rings (SSSR count). The maximum atomic E-state index is 13.3. The van der Waals surface area contributed by atoms with Crippen molar-refractivity contribution >= 4 is 21.9 Å². The second-order valence-electron chi connectivity index (χ2n) is 13.5. The molecule has 51 heavy (non-hydrogen) atoms. The second-order valence-corrected chi connectivity index (χ2v) is 15.1. The lowest BCUT2D eigenvalue weighted by Gasteiger charge is -2.45. The summed E-state index contributed by atoms with van der Waals surface area (Å²) in [6.45, 7) is 6.98. The van der Waals surface area contributed by atoms with Crippen LogP contribution in [0.5, 0.6) is 0 Å². The van der Waals surface area contributed by atoms with Crippen LogP contribution in [0.2, 0.25) is 0 Å². The van der Waals surface area contributed by atoms with Crippen LogP contribution in [0.1, 0.15) is 77.3 Å². The average molecular weight is 735 g/mol. The molecule has 0 unspecified atom stereocenters. The fourth-order valence-electron chi connectivity index (χ4n) is 6.56. The van der Waals surface area contributed by atoms with Gasteiger partial charge in [-0.25, -0.2) is 0 Å². The predicted octanol–water partition coefficient (Wildman–Crippen LogP) is 4.33. The number of hydrogen-bond donors (Lipinski definition) is 1. The van der Waals surface area contributed by atoms with Crippen molar-refractivity contribution in [3.63, 3.8) is 0 Å². The first kappa shape index (κ1) is 39.4. The quantitative estimate of drug-likeness (QED) is 0.204. The van der Waals surface area contributed by atoms with Crippen molar-refractivity contribution in [2.24, 2.45) is 0 Å². The van der Waals surface area contributed by atoms with E-state index in [9.17, 15) is 23.1 Å². The highest BCUT2D eigenvalue weighted by molar-refractivity contribution is 7.85. The van der Waals surface area contributed by atoms with Gasteiger partial charge in [0.15, 0.2) is 18.9 Å². The highest BCUT2D eigenvalue weighted by Crippen LogP contribution is 2.34. The van der Waals surface area contributed by atoms with Gasteiger partial charge in [0.2, 0.25) is 0 Å². The maximum Gasteiger partial charge on any atom is 0.306 e. The standard InChI is InChI=1S/C37H50O13S/c1-23(38)15-17-32(39)47-29-16-18-34(45-24(29)2)48-31-20-35(46-26(4)37(31)50-51(41,42)22-28-13-9-6-10-14-28)49-36-25(3)44-33(40)19-30(36)43-21-27-11-7-5-8-12-27/h5-14,24-26,29-31,33-37,40H,15-22H2,1-4H3/t24-,25+,26+,29-,30+,31+,33+,34-,35-,36+,37+/m0/s1. The molecule has 3 heterocycles. The molecule has 13 nitrogen and oxygen atoms in total. The Kier molecular flexibility index (Phi) is 14.1. The van der Waals surface area contributed by atoms with E-state index in [1.165, 1.54) is 6.92 Å². The first-order chi connectivity index (χ1) is 24.3. The summed E-state index contributed by atoms with van der Waals surface area (Å²) in [6.07, 6.45) is -6.91. The number of carbonyl (C=O) groups is 2. The van der Waals surface area contributed by atoms with Gasteiger partial charge in [-0.1, -0.05) is 60.7 Å². The number of Topliss-reactive ketones (excluding diaryl/α,β-unsaturated/α-hetero) is 1. The molecule has 11 atom stereocenters. The minimum absolute atomic E-state index is 0.00191. The molecular weight excluding hydrogens is 684 g/mol. The van der Waals surface area contributed by atoms with Gasteiger partial charge in [0.25, 0.3) is 10.1 Å². The van der Waals surface area contributed by atoms with Gasteiger partial charge in [0, 0.05) is 25.7 Å². The Morgan fingerprint density at radius 2 is 1.39 bits per heavy atom. The summed E-state index contributed by atoms with van der Waals surface area (Å²) >= 11 is 0. The number of carbonyl (C=O) groups excluding carboxylic acids is 2. The lowest BCUT2D eigenvalue weighted by molar-refractivity contribution is -0.325. The molecule has 0 spiro atoms. The topological polar surface area (TPSA) is 162 Å². The van der Waals surface area contributed by atoms with Gasteiger partial charge < -0.3 is 43.1 Å². The normalized spacial score (nSPS) is 33.0. The van der Waals surface area contributed by atoms with Crippen LogP contribution < -0.4 is 0 Å². The summed E-state index contributed by atoms with van der Waals surface area (Å²) in [5.74, 6) is -0.904. The molecule has 0 bridgehead atoms. The lowest BCUT2D eigenvalue weighted by Crippen LogP contribution is -2.56. The maximum absolute atomic E-state index is 13.3. The van der Waals surface area contributed by atoms with Gasteiger partial charge >= 0.3 is 5.97 Å². The number of aliphatic hydroxyl groups excluding tert-OH is 1. The van der Waals surface area contributed by atoms with E-state index in [0.717, 1.165) is 5.56 Å². The Hall–Kier alpha value is -2.79. The SMILES string of the molecule is CC(=O)CCC(=O)O[C@H]1CC[C@H](O[C@@H]2C[C@H](O[C@@H]3[C@@H](C)O[C@@H](O)C[C@H]3OCc3ccccc3)O[C@H](C)[C@H]2OS(=O)(=O)Cc2ccccc2)O[C@H]1C. The van der Waals surface area contributed by atoms with E-state index >= 15 is 0 Å². The van der Waals surface area contributed by atoms with Crippen LogP contribution in [0.15, 0.2) is 60.7 Å². The number of ether oxygens (including phenoxy) is 7. The van der Waals surface area contributed by atoms with E-state index < -0.39 is 83.8 Å². The molecule has 0 aliphatic carbocycles. The summed E-state index contributed by atoms with van der Waals surface area (Å²) < 4.78 is 75.3. The van der Waals surface area contributed by atoms with Crippen LogP contribution >= 0.6 is 0 Å². The van der Waals surface area contributed by atoms with Crippen LogP contribution in [-0.2, 0) is 69.4 Å². The summed E-state index contributed by atoms with van der Waals surface area (Å²) in [7, 11) is -4.08. The van der Waals surface area contributed by atoms with Crippen molar-refractivity contribution < 1.29 is 60.5 Å². The van der Waals surface area contributed by atoms with E-state index in [4.69, 9.17) is 37.3 Å². The van der Waals surface area contributed by atoms with E-state index in [1.54, 1.807) is 51.1 Å². The molecule has 2 aromatic carbocycles. The molecule has 2 aromatic rings. The van der Waals surface area contributed by atoms with Crippen molar-refractivity contribution in [1.29, 1.82) is 0 Å². The minimum Gasteiger partial charge on any atom is -0.460 e. The Morgan fingerprint density at radius 3 is 2.06 bits per heavy atom. The molecule has 0 aromatic heterocycles. The predicted molar refractivity (Wildman–Crippen MR) is 182 cm³/mol. The van der Waals surface area contributed by atoms with Crippen molar-refractivity contribution in [2.45, 2.75) is 146 Å². The van der Waals surface area contributed by atoms with Gasteiger partial charge in [0.05, 0.1) is 43.5 Å². The molecule has 3 fully saturated rings. The minimum atomic E-state index is -4.08. The number of hydrogen-bond acceptors (Lipinski definition) is 13. The molecule has 3 aliphatic rings. The number of rotatable bonds is 15. The molecule has 282 valence electrons. The third-order valence-corrected chi connectivity index (χ3v) is 10.4. The van der Waals surface area contributed by atoms with Crippen molar-refractivity contribution in [3.8, 4) is 0 Å². The first-order valence-electron chi connectivity index (χ1n) is 17.6. The van der Waals surface area contributed by atoms with Crippen molar-refractivity contribution in [3.05, 3.63) is 71.8 Å². The third-order valence-electron chi connectivity index (χ3n) is 9.18. The lowest BCUT2D eigenvalue weighted by atomic mass is 9.99. The van der Waals surface area contributed by atoms with Gasteiger partial charge in [-0.05, 0) is 45.2 Å². The third kappa shape index (κ3) is 11.9. The summed E-state index contributed by atoms with van der Waals surface area (Å²) in [5, 5.41) is 10.4. The molecule has 14 heteroatoms. The summed E-state index contributed by atoms with van der Waals surface area (Å²) in [4.78, 5) is 23.6. The molecular formula is C37H50O13S. The molecule has 0 saturated carbocycles. The highest BCUT2D eigenvalue weighted by atomic mass is 32.2. The van der Waals surface area contributed by atoms with Crippen LogP contribution in [0.4, 0.5) is 0 Å². The van der Waals surface area contributed by atoms with E-state index in [0.29, 0.717) is 25.0 Å². The number of esters is 1. The van der Waals surface area contributed by atoms with E-state index in [1.807, 2.05) is 30.3 Å². The Labute approximate surface area is 299 Å². The van der Waals surface area contributed by atoms with E-state index in [2.05, 4.69) is 0 Å². The number of aliphatic hydroxyl groups is 1. The number of benzene rings is 2. The van der Waals surface area contributed by atoms with Crippen LogP contribution in [0, 0.1) is 0 Å². The molecule has 3 aliphatic heterocycles. The number of ketones is 1. The Bertz CT molecular complexity index is 1510. The average Bonchev–Trinajstić information content (AvgIpc) is 3.07. The Balaban J connectivity index is 1.28. The zero-order valence-corrected chi connectivity index (χ0v) is 30.4.